The van der Waals surface area contributed by atoms with Gasteiger partial charge in [-0.2, -0.15) is 9.61 Å². The standard InChI is InChI=1S/C23H23N5O3S/c1-15(2)32(30,31)20-9-7-17(8-10-20)13-23(29)24-19-6-4-5-18(14-19)21-11-12-22-26-25-16(3)28(22)27-21/h4-12,14-15H,13H2,1-3H3,(H,24,29). The van der Waals surface area contributed by atoms with Crippen LogP contribution in [0, 0.1) is 6.92 Å². The second kappa shape index (κ2) is 8.51. The van der Waals surface area contributed by atoms with Crippen molar-refractivity contribution >= 4 is 27.1 Å². The first-order valence-electron chi connectivity index (χ1n) is 10.2. The highest BCUT2D eigenvalue weighted by atomic mass is 32.2. The number of carbonyl (C=O) groups excluding carboxylic acids is 1. The van der Waals surface area contributed by atoms with Gasteiger partial charge in [-0.1, -0.05) is 24.3 Å². The van der Waals surface area contributed by atoms with E-state index in [2.05, 4.69) is 20.6 Å². The smallest absolute Gasteiger partial charge is 0.228 e. The molecule has 1 amide bonds. The predicted octanol–water partition coefficient (Wildman–Crippen LogP) is 3.46. The largest absolute Gasteiger partial charge is 0.326 e. The number of hydrogen-bond donors (Lipinski definition) is 1. The molecule has 0 saturated carbocycles. The van der Waals surface area contributed by atoms with Crippen molar-refractivity contribution < 1.29 is 13.2 Å². The summed E-state index contributed by atoms with van der Waals surface area (Å²) in [5.74, 6) is 0.498. The number of anilines is 1. The quantitative estimate of drug-likeness (QED) is 0.483. The molecule has 0 saturated heterocycles. The van der Waals surface area contributed by atoms with Gasteiger partial charge in [0.25, 0.3) is 0 Å². The third kappa shape index (κ3) is 4.38. The van der Waals surface area contributed by atoms with Crippen molar-refractivity contribution in [1.29, 1.82) is 0 Å². The van der Waals surface area contributed by atoms with Crippen molar-refractivity contribution in [3.8, 4) is 11.3 Å². The first-order valence-corrected chi connectivity index (χ1v) is 11.7. The molecule has 4 aromatic rings. The first kappa shape index (κ1) is 21.6. The van der Waals surface area contributed by atoms with Crippen molar-refractivity contribution in [1.82, 2.24) is 19.8 Å². The molecule has 0 fully saturated rings. The summed E-state index contributed by atoms with van der Waals surface area (Å²) in [7, 11) is -3.33. The van der Waals surface area contributed by atoms with E-state index in [0.717, 1.165) is 16.8 Å². The molecular formula is C23H23N5O3S. The maximum atomic E-state index is 12.5. The molecule has 0 bridgehead atoms. The molecule has 2 aromatic heterocycles. The van der Waals surface area contributed by atoms with E-state index in [-0.39, 0.29) is 17.2 Å². The highest BCUT2D eigenvalue weighted by Crippen LogP contribution is 2.22. The lowest BCUT2D eigenvalue weighted by atomic mass is 10.1. The number of sulfone groups is 1. The summed E-state index contributed by atoms with van der Waals surface area (Å²) in [6.45, 7) is 5.12. The summed E-state index contributed by atoms with van der Waals surface area (Å²) in [4.78, 5) is 12.8. The molecule has 0 spiro atoms. The van der Waals surface area contributed by atoms with Gasteiger partial charge in [0.15, 0.2) is 21.3 Å². The van der Waals surface area contributed by atoms with Gasteiger partial charge in [-0.15, -0.1) is 10.2 Å². The summed E-state index contributed by atoms with van der Waals surface area (Å²) in [6, 6.07) is 17.6. The van der Waals surface area contributed by atoms with Crippen LogP contribution in [0.2, 0.25) is 0 Å². The van der Waals surface area contributed by atoms with Gasteiger partial charge in [0, 0.05) is 11.3 Å². The van der Waals surface area contributed by atoms with Gasteiger partial charge in [-0.05, 0) is 62.7 Å². The van der Waals surface area contributed by atoms with E-state index in [1.807, 2.05) is 43.3 Å². The topological polar surface area (TPSA) is 106 Å². The maximum Gasteiger partial charge on any atom is 0.228 e. The average molecular weight is 450 g/mol. The zero-order valence-electron chi connectivity index (χ0n) is 18.0. The van der Waals surface area contributed by atoms with Crippen LogP contribution < -0.4 is 5.32 Å². The second-order valence-electron chi connectivity index (χ2n) is 7.78. The number of amides is 1. The molecule has 0 unspecified atom stereocenters. The van der Waals surface area contributed by atoms with Crippen LogP contribution >= 0.6 is 0 Å². The molecule has 1 N–H and O–H groups in total. The van der Waals surface area contributed by atoms with E-state index < -0.39 is 15.1 Å². The van der Waals surface area contributed by atoms with Crippen LogP contribution in [0.3, 0.4) is 0 Å². The Morgan fingerprint density at radius 3 is 2.50 bits per heavy atom. The number of nitrogens with zero attached hydrogens (tertiary/aromatic N) is 4. The molecule has 0 radical (unpaired) electrons. The van der Waals surface area contributed by atoms with Gasteiger partial charge in [-0.3, -0.25) is 4.79 Å². The van der Waals surface area contributed by atoms with E-state index in [9.17, 15) is 13.2 Å². The normalized spacial score (nSPS) is 11.8. The van der Waals surface area contributed by atoms with Crippen molar-refractivity contribution in [2.45, 2.75) is 37.3 Å². The molecule has 0 aliphatic heterocycles. The fraction of sp³-hybridized carbons (Fsp3) is 0.217. The lowest BCUT2D eigenvalue weighted by Gasteiger charge is -2.10. The Bertz CT molecular complexity index is 1390. The summed E-state index contributed by atoms with van der Waals surface area (Å²) in [6.07, 6.45) is 0.135. The van der Waals surface area contributed by atoms with Crippen LogP contribution in [0.5, 0.6) is 0 Å². The number of benzene rings is 2. The van der Waals surface area contributed by atoms with E-state index in [0.29, 0.717) is 17.2 Å². The monoisotopic (exact) mass is 449 g/mol. The molecule has 0 aliphatic rings. The number of rotatable bonds is 6. The van der Waals surface area contributed by atoms with Crippen LogP contribution in [0.4, 0.5) is 5.69 Å². The molecule has 164 valence electrons. The van der Waals surface area contributed by atoms with Crippen LogP contribution in [0.25, 0.3) is 16.9 Å². The first-order chi connectivity index (χ1) is 15.2. The summed E-state index contributed by atoms with van der Waals surface area (Å²) in [5, 5.41) is 15.0. The van der Waals surface area contributed by atoms with Gasteiger partial charge in [0.1, 0.15) is 0 Å². The zero-order valence-corrected chi connectivity index (χ0v) is 18.8. The molecule has 2 aromatic carbocycles. The summed E-state index contributed by atoms with van der Waals surface area (Å²) < 4.78 is 26.1. The number of nitrogens with one attached hydrogen (secondary N) is 1. The molecule has 0 aliphatic carbocycles. The SMILES string of the molecule is Cc1nnc2ccc(-c3cccc(NC(=O)Cc4ccc(S(=O)(=O)C(C)C)cc4)c3)nn12. The van der Waals surface area contributed by atoms with E-state index >= 15 is 0 Å². The Labute approximate surface area is 186 Å². The lowest BCUT2D eigenvalue weighted by molar-refractivity contribution is -0.115. The highest BCUT2D eigenvalue weighted by molar-refractivity contribution is 7.92. The molecule has 8 nitrogen and oxygen atoms in total. The molecule has 2 heterocycles. The lowest BCUT2D eigenvalue weighted by Crippen LogP contribution is -2.15. The van der Waals surface area contributed by atoms with Crippen LogP contribution in [-0.2, 0) is 21.1 Å². The average Bonchev–Trinajstić information content (AvgIpc) is 3.14. The van der Waals surface area contributed by atoms with Gasteiger partial charge < -0.3 is 5.32 Å². The molecule has 32 heavy (non-hydrogen) atoms. The fourth-order valence-electron chi connectivity index (χ4n) is 3.27. The van der Waals surface area contributed by atoms with E-state index in [1.54, 1.807) is 42.6 Å². The van der Waals surface area contributed by atoms with Gasteiger partial charge in [0.2, 0.25) is 5.91 Å². The Kier molecular flexibility index (Phi) is 5.75. The van der Waals surface area contributed by atoms with Crippen LogP contribution in [0.1, 0.15) is 25.2 Å². The van der Waals surface area contributed by atoms with Crippen molar-refractivity contribution in [2.24, 2.45) is 0 Å². The number of aryl methyl sites for hydroxylation is 1. The van der Waals surface area contributed by atoms with Gasteiger partial charge in [-0.25, -0.2) is 8.42 Å². The second-order valence-corrected chi connectivity index (χ2v) is 10.3. The third-order valence-corrected chi connectivity index (χ3v) is 7.27. The van der Waals surface area contributed by atoms with E-state index in [4.69, 9.17) is 0 Å². The van der Waals surface area contributed by atoms with Crippen LogP contribution in [0.15, 0.2) is 65.6 Å². The fourth-order valence-corrected chi connectivity index (χ4v) is 4.33. The summed E-state index contributed by atoms with van der Waals surface area (Å²) >= 11 is 0. The number of aromatic nitrogens is 4. The number of carbonyl (C=O) groups is 1. The Morgan fingerprint density at radius 2 is 1.78 bits per heavy atom. The maximum absolute atomic E-state index is 12.5. The Morgan fingerprint density at radius 1 is 1.03 bits per heavy atom. The molecule has 4 rings (SSSR count). The Balaban J connectivity index is 1.47. The van der Waals surface area contributed by atoms with Crippen molar-refractivity contribution in [3.63, 3.8) is 0 Å². The molecular weight excluding hydrogens is 426 g/mol. The predicted molar refractivity (Wildman–Crippen MR) is 122 cm³/mol. The minimum Gasteiger partial charge on any atom is -0.326 e. The highest BCUT2D eigenvalue weighted by Gasteiger charge is 2.19. The Hall–Kier alpha value is -3.59. The van der Waals surface area contributed by atoms with Crippen LogP contribution in [-0.4, -0.2) is 39.4 Å². The minimum atomic E-state index is -3.33. The van der Waals surface area contributed by atoms with Crippen molar-refractivity contribution in [3.05, 3.63) is 72.1 Å². The van der Waals surface area contributed by atoms with Gasteiger partial charge >= 0.3 is 0 Å². The minimum absolute atomic E-state index is 0.135. The van der Waals surface area contributed by atoms with E-state index in [1.165, 1.54) is 0 Å². The third-order valence-electron chi connectivity index (χ3n) is 5.10. The molecule has 9 heteroatoms. The van der Waals surface area contributed by atoms with Gasteiger partial charge in [0.05, 0.1) is 22.3 Å². The number of fused-ring (bicyclic) bond motifs is 1. The zero-order chi connectivity index (χ0) is 22.9. The molecule has 0 atom stereocenters. The number of hydrogen-bond acceptors (Lipinski definition) is 6. The van der Waals surface area contributed by atoms with Crippen molar-refractivity contribution in [2.75, 3.05) is 5.32 Å². The summed E-state index contributed by atoms with van der Waals surface area (Å²) in [5.41, 5.74) is 3.63.